The summed E-state index contributed by atoms with van der Waals surface area (Å²) in [5.74, 6) is 0.962. The average molecular weight is 242 g/mol. The van der Waals surface area contributed by atoms with Gasteiger partial charge in [0.1, 0.15) is 0 Å². The Morgan fingerprint density at radius 1 is 1.19 bits per heavy atom. The Morgan fingerprint density at radius 3 is 2.44 bits per heavy atom. The van der Waals surface area contributed by atoms with Crippen molar-refractivity contribution in [3.05, 3.63) is 22.9 Å². The Hall–Kier alpha value is -0.640. The molecule has 4 heteroatoms. The number of aryl methyl sites for hydroxylation is 1. The molecular formula is C12H22N2OS. The number of thiol groups is 1. The van der Waals surface area contributed by atoms with Gasteiger partial charge in [0.25, 0.3) is 0 Å². The van der Waals surface area contributed by atoms with E-state index in [9.17, 15) is 4.79 Å². The largest absolute Gasteiger partial charge is 0.328 e. The zero-order valence-electron chi connectivity index (χ0n) is 10.2. The number of unbranched alkanes of at least 4 members (excludes halogenated alkanes) is 3. The van der Waals surface area contributed by atoms with Gasteiger partial charge < -0.3 is 0 Å². The second-order valence-electron chi connectivity index (χ2n) is 4.41. The summed E-state index contributed by atoms with van der Waals surface area (Å²) in [5.41, 5.74) is 0.115. The maximum Gasteiger partial charge on any atom is 0.328 e. The van der Waals surface area contributed by atoms with E-state index < -0.39 is 0 Å². The number of hydrogen-bond donors (Lipinski definition) is 1. The third-order valence-electron chi connectivity index (χ3n) is 2.74. The molecule has 1 rings (SSSR count). The van der Waals surface area contributed by atoms with E-state index in [1.807, 2.05) is 26.2 Å². The molecule has 92 valence electrons. The fourth-order valence-corrected chi connectivity index (χ4v) is 1.96. The zero-order valence-corrected chi connectivity index (χ0v) is 11.1. The molecule has 0 aliphatic heterocycles. The second kappa shape index (κ2) is 6.84. The van der Waals surface area contributed by atoms with Gasteiger partial charge in [0, 0.05) is 25.0 Å². The summed E-state index contributed by atoms with van der Waals surface area (Å²) in [6.45, 7) is 4.89. The molecule has 0 spiro atoms. The third kappa shape index (κ3) is 3.74. The van der Waals surface area contributed by atoms with Crippen LogP contribution in [-0.2, 0) is 6.54 Å². The van der Waals surface area contributed by atoms with Crippen LogP contribution in [0.3, 0.4) is 0 Å². The van der Waals surface area contributed by atoms with Crippen LogP contribution in [0.5, 0.6) is 0 Å². The van der Waals surface area contributed by atoms with Gasteiger partial charge in [-0.25, -0.2) is 4.79 Å². The summed E-state index contributed by atoms with van der Waals surface area (Å²) in [5, 5.41) is 0. The number of aromatic nitrogens is 2. The Bertz CT molecular complexity index is 354. The Kier molecular flexibility index (Phi) is 5.74. The summed E-state index contributed by atoms with van der Waals surface area (Å²) in [4.78, 5) is 11.8. The SMILES string of the molecule is CC(C)n1ccn(CCCCCCS)c1=O. The Labute approximate surface area is 103 Å². The van der Waals surface area contributed by atoms with Crippen LogP contribution in [0.25, 0.3) is 0 Å². The van der Waals surface area contributed by atoms with Crippen molar-refractivity contribution in [2.75, 3.05) is 5.75 Å². The molecule has 0 bridgehead atoms. The number of hydrogen-bond acceptors (Lipinski definition) is 2. The molecule has 0 atom stereocenters. The highest BCUT2D eigenvalue weighted by molar-refractivity contribution is 7.80. The molecule has 0 saturated heterocycles. The normalized spacial score (nSPS) is 11.2. The van der Waals surface area contributed by atoms with Crippen molar-refractivity contribution in [1.29, 1.82) is 0 Å². The molecule has 1 aromatic rings. The van der Waals surface area contributed by atoms with Gasteiger partial charge in [-0.2, -0.15) is 12.6 Å². The van der Waals surface area contributed by atoms with Gasteiger partial charge in [-0.3, -0.25) is 9.13 Å². The number of nitrogens with zero attached hydrogens (tertiary/aromatic N) is 2. The molecule has 0 fully saturated rings. The fourth-order valence-electron chi connectivity index (χ4n) is 1.74. The lowest BCUT2D eigenvalue weighted by Gasteiger charge is -2.04. The van der Waals surface area contributed by atoms with E-state index in [0.717, 1.165) is 18.7 Å². The molecule has 0 saturated carbocycles. The van der Waals surface area contributed by atoms with Crippen molar-refractivity contribution < 1.29 is 0 Å². The van der Waals surface area contributed by atoms with Crippen molar-refractivity contribution in [2.24, 2.45) is 0 Å². The Morgan fingerprint density at radius 2 is 1.88 bits per heavy atom. The van der Waals surface area contributed by atoms with E-state index in [2.05, 4.69) is 12.6 Å². The Balaban J connectivity index is 2.40. The molecule has 1 heterocycles. The molecule has 0 N–H and O–H groups in total. The van der Waals surface area contributed by atoms with Gasteiger partial charge in [-0.1, -0.05) is 12.8 Å². The number of imidazole rings is 1. The quantitative estimate of drug-likeness (QED) is 0.577. The van der Waals surface area contributed by atoms with Crippen LogP contribution < -0.4 is 5.69 Å². The standard InChI is InChI=1S/C12H22N2OS/c1-11(2)14-9-8-13(12(14)15)7-5-3-4-6-10-16/h8-9,11,16H,3-7,10H2,1-2H3. The van der Waals surface area contributed by atoms with Crippen molar-refractivity contribution in [2.45, 2.75) is 52.1 Å². The summed E-state index contributed by atoms with van der Waals surface area (Å²) < 4.78 is 3.58. The molecule has 0 radical (unpaired) electrons. The maximum absolute atomic E-state index is 11.8. The van der Waals surface area contributed by atoms with Crippen LogP contribution in [0.1, 0.15) is 45.6 Å². The van der Waals surface area contributed by atoms with E-state index >= 15 is 0 Å². The lowest BCUT2D eigenvalue weighted by Crippen LogP contribution is -2.25. The van der Waals surface area contributed by atoms with Gasteiger partial charge in [0.2, 0.25) is 0 Å². The highest BCUT2D eigenvalue weighted by Gasteiger charge is 2.05. The van der Waals surface area contributed by atoms with Gasteiger partial charge in [0.05, 0.1) is 0 Å². The van der Waals surface area contributed by atoms with Gasteiger partial charge in [0.15, 0.2) is 0 Å². The zero-order chi connectivity index (χ0) is 12.0. The predicted octanol–water partition coefficient (Wildman–Crippen LogP) is 2.72. The van der Waals surface area contributed by atoms with Crippen molar-refractivity contribution in [3.63, 3.8) is 0 Å². The third-order valence-corrected chi connectivity index (χ3v) is 3.05. The van der Waals surface area contributed by atoms with Crippen LogP contribution in [-0.4, -0.2) is 14.9 Å². The van der Waals surface area contributed by atoms with E-state index in [0.29, 0.717) is 0 Å². The van der Waals surface area contributed by atoms with Crippen molar-refractivity contribution >= 4 is 12.6 Å². The first kappa shape index (κ1) is 13.4. The van der Waals surface area contributed by atoms with E-state index in [1.54, 1.807) is 9.13 Å². The molecule has 16 heavy (non-hydrogen) atoms. The minimum Gasteiger partial charge on any atom is -0.299 e. The van der Waals surface area contributed by atoms with Crippen LogP contribution in [0.2, 0.25) is 0 Å². The molecule has 0 unspecified atom stereocenters. The van der Waals surface area contributed by atoms with Crippen LogP contribution in [0, 0.1) is 0 Å². The second-order valence-corrected chi connectivity index (χ2v) is 4.86. The predicted molar refractivity (Wildman–Crippen MR) is 71.4 cm³/mol. The van der Waals surface area contributed by atoms with Gasteiger partial charge in [-0.05, 0) is 32.4 Å². The topological polar surface area (TPSA) is 26.9 Å². The van der Waals surface area contributed by atoms with E-state index in [-0.39, 0.29) is 11.7 Å². The lowest BCUT2D eigenvalue weighted by molar-refractivity contribution is 0.529. The minimum atomic E-state index is 0.115. The average Bonchev–Trinajstić information content (AvgIpc) is 2.60. The maximum atomic E-state index is 11.8. The molecule has 0 amide bonds. The monoisotopic (exact) mass is 242 g/mol. The summed E-state index contributed by atoms with van der Waals surface area (Å²) in [7, 11) is 0. The molecule has 0 aliphatic carbocycles. The molecule has 3 nitrogen and oxygen atoms in total. The highest BCUT2D eigenvalue weighted by Crippen LogP contribution is 2.03. The highest BCUT2D eigenvalue weighted by atomic mass is 32.1. The summed E-state index contributed by atoms with van der Waals surface area (Å²) >= 11 is 4.18. The number of rotatable bonds is 7. The van der Waals surface area contributed by atoms with E-state index in [1.165, 1.54) is 19.3 Å². The van der Waals surface area contributed by atoms with E-state index in [4.69, 9.17) is 0 Å². The van der Waals surface area contributed by atoms with Crippen LogP contribution in [0.4, 0.5) is 0 Å². The van der Waals surface area contributed by atoms with Crippen LogP contribution >= 0.6 is 12.6 Å². The first-order chi connectivity index (χ1) is 7.66. The van der Waals surface area contributed by atoms with Crippen LogP contribution in [0.15, 0.2) is 17.2 Å². The molecule has 1 aromatic heterocycles. The fraction of sp³-hybridized carbons (Fsp3) is 0.750. The minimum absolute atomic E-state index is 0.115. The first-order valence-electron chi connectivity index (χ1n) is 6.05. The lowest BCUT2D eigenvalue weighted by atomic mass is 10.2. The smallest absolute Gasteiger partial charge is 0.299 e. The molecule has 0 aliphatic rings. The summed E-state index contributed by atoms with van der Waals surface area (Å²) in [6, 6.07) is 0.248. The van der Waals surface area contributed by atoms with Crippen molar-refractivity contribution in [1.82, 2.24) is 9.13 Å². The molecular weight excluding hydrogens is 220 g/mol. The first-order valence-corrected chi connectivity index (χ1v) is 6.68. The van der Waals surface area contributed by atoms with Gasteiger partial charge >= 0.3 is 5.69 Å². The van der Waals surface area contributed by atoms with Crippen molar-refractivity contribution in [3.8, 4) is 0 Å². The molecule has 0 aromatic carbocycles. The van der Waals surface area contributed by atoms with Gasteiger partial charge in [-0.15, -0.1) is 0 Å². The summed E-state index contributed by atoms with van der Waals surface area (Å²) in [6.07, 6.45) is 8.41.